The van der Waals surface area contributed by atoms with Crippen molar-refractivity contribution in [3.8, 4) is 44.5 Å². The van der Waals surface area contributed by atoms with Gasteiger partial charge < -0.3 is 0 Å². The van der Waals surface area contributed by atoms with Crippen LogP contribution < -0.4 is 0 Å². The van der Waals surface area contributed by atoms with Gasteiger partial charge in [-0.15, -0.1) is 0 Å². The van der Waals surface area contributed by atoms with Crippen LogP contribution in [-0.4, -0.2) is 14.5 Å². The van der Waals surface area contributed by atoms with Gasteiger partial charge in [-0.1, -0.05) is 18.2 Å². The third kappa shape index (κ3) is 4.97. The number of hydrogen-bond donors (Lipinski definition) is 0. The summed E-state index contributed by atoms with van der Waals surface area (Å²) in [6.45, 7) is 0. The van der Waals surface area contributed by atoms with Gasteiger partial charge in [-0.25, -0.2) is 0 Å². The van der Waals surface area contributed by atoms with Crippen LogP contribution in [0.25, 0.3) is 127 Å². The average molecular weight is 842 g/mol. The number of benzene rings is 11. The molecular formula is C58H34SSe. The first-order valence-corrected chi connectivity index (χ1v) is 23.1. The van der Waals surface area contributed by atoms with Gasteiger partial charge >= 0.3 is 335 Å². The third-order valence-electron chi connectivity index (χ3n) is 12.7. The van der Waals surface area contributed by atoms with E-state index in [0.29, 0.717) is 0 Å². The van der Waals surface area contributed by atoms with Crippen molar-refractivity contribution in [1.82, 2.24) is 0 Å². The fraction of sp³-hybridized carbons (Fsp3) is 0. The molecule has 13 rings (SSSR count). The molecule has 0 nitrogen and oxygen atoms in total. The van der Waals surface area contributed by atoms with Crippen molar-refractivity contribution in [2.75, 3.05) is 0 Å². The molecule has 2 heteroatoms. The molecule has 0 aliphatic carbocycles. The van der Waals surface area contributed by atoms with E-state index in [1.54, 1.807) is 0 Å². The van der Waals surface area contributed by atoms with Gasteiger partial charge in [-0.2, -0.15) is 0 Å². The average Bonchev–Trinajstić information content (AvgIpc) is 3.89. The van der Waals surface area contributed by atoms with Gasteiger partial charge in [0.05, 0.1) is 0 Å². The van der Waals surface area contributed by atoms with Gasteiger partial charge in [0.15, 0.2) is 0 Å². The van der Waals surface area contributed by atoms with E-state index in [1.165, 1.54) is 127 Å². The zero-order valence-electron chi connectivity index (χ0n) is 32.4. The predicted molar refractivity (Wildman–Crippen MR) is 263 cm³/mol. The molecule has 0 amide bonds. The number of hydrogen-bond acceptors (Lipinski definition) is 1. The van der Waals surface area contributed by atoms with E-state index in [9.17, 15) is 0 Å². The molecule has 0 N–H and O–H groups in total. The summed E-state index contributed by atoms with van der Waals surface area (Å²) in [4.78, 5) is 0. The number of rotatable bonds is 4. The van der Waals surface area contributed by atoms with Gasteiger partial charge in [0.25, 0.3) is 0 Å². The molecule has 0 bridgehead atoms. The summed E-state index contributed by atoms with van der Waals surface area (Å²) in [6.07, 6.45) is 0. The molecule has 0 radical (unpaired) electrons. The molecule has 0 atom stereocenters. The Kier molecular flexibility index (Phi) is 7.59. The SMILES string of the molecule is c1ccc(-c2c3ccccc3c(-c3cccc4c3[se]c3cccc(-c5c6ccccc6c(-c6ccc7c(c6)sc6ccccc67)c6ccccc56)c34)c3ccccc23)cc1. The number of fused-ring (bicyclic) bond motifs is 10. The molecule has 2 aromatic heterocycles. The molecule has 0 saturated carbocycles. The molecule has 0 spiro atoms. The van der Waals surface area contributed by atoms with Crippen molar-refractivity contribution in [2.24, 2.45) is 0 Å². The van der Waals surface area contributed by atoms with Crippen LogP contribution in [0.3, 0.4) is 0 Å². The van der Waals surface area contributed by atoms with Crippen LogP contribution in [0.5, 0.6) is 0 Å². The van der Waals surface area contributed by atoms with Crippen LogP contribution in [0.2, 0.25) is 0 Å². The molecule has 2 heterocycles. The van der Waals surface area contributed by atoms with Gasteiger partial charge in [0.1, 0.15) is 0 Å². The van der Waals surface area contributed by atoms with Crippen LogP contribution in [0.1, 0.15) is 0 Å². The van der Waals surface area contributed by atoms with E-state index >= 15 is 0 Å². The second-order valence-electron chi connectivity index (χ2n) is 15.8. The molecule has 60 heavy (non-hydrogen) atoms. The molecule has 11 aromatic carbocycles. The van der Waals surface area contributed by atoms with E-state index in [2.05, 4.69) is 206 Å². The molecule has 0 saturated heterocycles. The van der Waals surface area contributed by atoms with Gasteiger partial charge in [0, 0.05) is 0 Å². The maximum atomic E-state index is 2.42. The summed E-state index contributed by atoms with van der Waals surface area (Å²) in [5.41, 5.74) is 10.5. The van der Waals surface area contributed by atoms with Gasteiger partial charge in [0.2, 0.25) is 0 Å². The van der Waals surface area contributed by atoms with Gasteiger partial charge in [-0.05, 0) is 6.07 Å². The zero-order valence-corrected chi connectivity index (χ0v) is 35.0. The molecule has 0 aliphatic rings. The molecule has 0 unspecified atom stereocenters. The standard InChI is InChI=1S/C58H34SSe/c1-2-16-35(17-3-1)53-39-19-4-10-25-45(39)56(46-26-11-5-20-40(46)53)48-28-14-29-49-57-47(27-15-31-52(57)60-58(48)49)55-43-23-8-6-21-41(43)54(42-22-7-9-24-44(42)55)36-32-33-38-37-18-12-13-30-50(37)59-51(38)34-36/h1-34H. The van der Waals surface area contributed by atoms with E-state index in [4.69, 9.17) is 0 Å². The Morgan fingerprint density at radius 1 is 0.283 bits per heavy atom. The first-order valence-electron chi connectivity index (χ1n) is 20.6. The minimum absolute atomic E-state index is 0.114. The monoisotopic (exact) mass is 842 g/mol. The van der Waals surface area contributed by atoms with Crippen LogP contribution in [0, 0.1) is 0 Å². The maximum absolute atomic E-state index is 2.42. The first-order chi connectivity index (χ1) is 29.8. The Hall–Kier alpha value is -6.80. The van der Waals surface area contributed by atoms with Crippen molar-refractivity contribution in [2.45, 2.75) is 0 Å². The first kappa shape index (κ1) is 34.1. The molecule has 0 aliphatic heterocycles. The Labute approximate surface area is 357 Å². The second-order valence-corrected chi connectivity index (χ2v) is 19.1. The van der Waals surface area contributed by atoms with E-state index in [-0.39, 0.29) is 14.5 Å². The Morgan fingerprint density at radius 3 is 1.35 bits per heavy atom. The second kappa shape index (κ2) is 13.4. The molecule has 278 valence electrons. The van der Waals surface area contributed by atoms with Crippen molar-refractivity contribution in [3.63, 3.8) is 0 Å². The Morgan fingerprint density at radius 2 is 0.733 bits per heavy atom. The topological polar surface area (TPSA) is 0 Å². The van der Waals surface area contributed by atoms with E-state index < -0.39 is 0 Å². The van der Waals surface area contributed by atoms with E-state index in [1.807, 2.05) is 11.3 Å². The fourth-order valence-electron chi connectivity index (χ4n) is 10.2. The van der Waals surface area contributed by atoms with Crippen LogP contribution in [0.4, 0.5) is 0 Å². The Bertz CT molecular complexity index is 3770. The zero-order chi connectivity index (χ0) is 39.3. The quantitative estimate of drug-likeness (QED) is 0.122. The summed E-state index contributed by atoms with van der Waals surface area (Å²) in [5.74, 6) is 0. The normalized spacial score (nSPS) is 12.0. The van der Waals surface area contributed by atoms with Crippen molar-refractivity contribution in [3.05, 3.63) is 206 Å². The van der Waals surface area contributed by atoms with E-state index in [0.717, 1.165) is 0 Å². The predicted octanol–water partition coefficient (Wildman–Crippen LogP) is 16.7. The summed E-state index contributed by atoms with van der Waals surface area (Å²) in [5, 5.41) is 15.8. The summed E-state index contributed by atoms with van der Waals surface area (Å²) >= 11 is 2.00. The van der Waals surface area contributed by atoms with Crippen molar-refractivity contribution < 1.29 is 0 Å². The van der Waals surface area contributed by atoms with Crippen LogP contribution in [0.15, 0.2) is 206 Å². The number of thiophene rings is 1. The van der Waals surface area contributed by atoms with Crippen LogP contribution >= 0.6 is 11.3 Å². The summed E-state index contributed by atoms with van der Waals surface area (Å²) in [7, 11) is 0. The molecule has 0 fully saturated rings. The molecule has 13 aromatic rings. The minimum atomic E-state index is 0.114. The Balaban J connectivity index is 1.09. The summed E-state index contributed by atoms with van der Waals surface area (Å²) < 4.78 is 5.58. The molecular weight excluding hydrogens is 808 g/mol. The fourth-order valence-corrected chi connectivity index (χ4v) is 14.0. The van der Waals surface area contributed by atoms with Crippen molar-refractivity contribution in [1.29, 1.82) is 0 Å². The third-order valence-corrected chi connectivity index (χ3v) is 16.3. The summed E-state index contributed by atoms with van der Waals surface area (Å²) in [6, 6.07) is 77.3. The van der Waals surface area contributed by atoms with Crippen molar-refractivity contribution >= 4 is 108 Å². The van der Waals surface area contributed by atoms with Crippen LogP contribution in [-0.2, 0) is 0 Å². The van der Waals surface area contributed by atoms with Gasteiger partial charge in [-0.3, -0.25) is 0 Å².